The van der Waals surface area contributed by atoms with Crippen LogP contribution in [-0.2, 0) is 14.3 Å². The van der Waals surface area contributed by atoms with Crippen LogP contribution in [0.25, 0.3) is 0 Å². The molecule has 0 radical (unpaired) electrons. The zero-order valence-electron chi connectivity index (χ0n) is 11.1. The molecule has 1 atom stereocenters. The summed E-state index contributed by atoms with van der Waals surface area (Å²) < 4.78 is 10.1. The Hall–Kier alpha value is -1.30. The van der Waals surface area contributed by atoms with E-state index in [0.29, 0.717) is 19.6 Å². The van der Waals surface area contributed by atoms with Crippen molar-refractivity contribution in [2.45, 2.75) is 32.3 Å². The van der Waals surface area contributed by atoms with Gasteiger partial charge in [-0.25, -0.2) is 4.79 Å². The van der Waals surface area contributed by atoms with Gasteiger partial charge in [0.05, 0.1) is 19.6 Å². The number of urea groups is 1. The standard InChI is InChI=1S/C12H22N2O4/c1-3-13-12(16)14(7-6-11(15)17-2)9-10-5-4-8-18-10/h10H,3-9H2,1-2H3,(H,13,16). The van der Waals surface area contributed by atoms with Gasteiger partial charge in [-0.05, 0) is 19.8 Å². The van der Waals surface area contributed by atoms with Gasteiger partial charge in [0, 0.05) is 26.2 Å². The maximum absolute atomic E-state index is 11.8. The van der Waals surface area contributed by atoms with Gasteiger partial charge in [0.25, 0.3) is 0 Å². The van der Waals surface area contributed by atoms with Crippen LogP contribution in [0.2, 0.25) is 0 Å². The molecule has 1 aliphatic rings. The number of hydrogen-bond acceptors (Lipinski definition) is 4. The van der Waals surface area contributed by atoms with Crippen molar-refractivity contribution in [3.8, 4) is 0 Å². The van der Waals surface area contributed by atoms with E-state index in [4.69, 9.17) is 4.74 Å². The molecule has 1 heterocycles. The van der Waals surface area contributed by atoms with E-state index in [1.807, 2.05) is 6.92 Å². The highest BCUT2D eigenvalue weighted by atomic mass is 16.5. The van der Waals surface area contributed by atoms with E-state index in [1.165, 1.54) is 7.11 Å². The van der Waals surface area contributed by atoms with Gasteiger partial charge in [0.1, 0.15) is 0 Å². The molecule has 0 aromatic carbocycles. The van der Waals surface area contributed by atoms with Gasteiger partial charge in [0.15, 0.2) is 0 Å². The van der Waals surface area contributed by atoms with Crippen LogP contribution >= 0.6 is 0 Å². The zero-order chi connectivity index (χ0) is 13.4. The van der Waals surface area contributed by atoms with Crippen molar-refractivity contribution in [3.05, 3.63) is 0 Å². The predicted octanol–water partition coefficient (Wildman–Crippen LogP) is 0.760. The number of hydrogen-bond donors (Lipinski definition) is 1. The van der Waals surface area contributed by atoms with E-state index in [9.17, 15) is 9.59 Å². The molecule has 1 rings (SSSR count). The van der Waals surface area contributed by atoms with Crippen molar-refractivity contribution in [3.63, 3.8) is 0 Å². The van der Waals surface area contributed by atoms with Crippen molar-refractivity contribution in [1.29, 1.82) is 0 Å². The summed E-state index contributed by atoms with van der Waals surface area (Å²) in [4.78, 5) is 24.6. The monoisotopic (exact) mass is 258 g/mol. The lowest BCUT2D eigenvalue weighted by Crippen LogP contribution is -2.44. The summed E-state index contributed by atoms with van der Waals surface area (Å²) in [5, 5.41) is 2.74. The number of methoxy groups -OCH3 is 1. The van der Waals surface area contributed by atoms with Crippen LogP contribution in [0.5, 0.6) is 0 Å². The van der Waals surface area contributed by atoms with E-state index in [-0.39, 0.29) is 24.5 Å². The third kappa shape index (κ3) is 4.91. The highest BCUT2D eigenvalue weighted by molar-refractivity contribution is 5.75. The Morgan fingerprint density at radius 2 is 2.28 bits per heavy atom. The summed E-state index contributed by atoms with van der Waals surface area (Å²) in [6.07, 6.45) is 2.30. The van der Waals surface area contributed by atoms with Crippen molar-refractivity contribution >= 4 is 12.0 Å². The van der Waals surface area contributed by atoms with Crippen LogP contribution in [0.1, 0.15) is 26.2 Å². The number of carbonyl (C=O) groups is 2. The summed E-state index contributed by atoms with van der Waals surface area (Å²) >= 11 is 0. The number of esters is 1. The Morgan fingerprint density at radius 1 is 1.50 bits per heavy atom. The first kappa shape index (κ1) is 14.8. The normalized spacial score (nSPS) is 18.4. The molecule has 104 valence electrons. The zero-order valence-corrected chi connectivity index (χ0v) is 11.1. The summed E-state index contributed by atoms with van der Waals surface area (Å²) in [5.41, 5.74) is 0. The Labute approximate surface area is 108 Å². The fourth-order valence-electron chi connectivity index (χ4n) is 1.90. The van der Waals surface area contributed by atoms with Crippen LogP contribution in [0.4, 0.5) is 4.79 Å². The van der Waals surface area contributed by atoms with E-state index in [1.54, 1.807) is 4.90 Å². The average Bonchev–Trinajstić information content (AvgIpc) is 2.87. The van der Waals surface area contributed by atoms with Gasteiger partial charge in [-0.3, -0.25) is 4.79 Å². The predicted molar refractivity (Wildman–Crippen MR) is 66.3 cm³/mol. The molecule has 0 aliphatic carbocycles. The lowest BCUT2D eigenvalue weighted by molar-refractivity contribution is -0.140. The lowest BCUT2D eigenvalue weighted by atomic mass is 10.2. The average molecular weight is 258 g/mol. The number of nitrogens with zero attached hydrogens (tertiary/aromatic N) is 1. The molecule has 0 saturated carbocycles. The van der Waals surface area contributed by atoms with Crippen molar-refractivity contribution in [2.24, 2.45) is 0 Å². The molecule has 0 aromatic heterocycles. The van der Waals surface area contributed by atoms with Crippen LogP contribution in [0, 0.1) is 0 Å². The van der Waals surface area contributed by atoms with Gasteiger partial charge in [-0.2, -0.15) is 0 Å². The molecule has 6 nitrogen and oxygen atoms in total. The molecule has 0 bridgehead atoms. The van der Waals surface area contributed by atoms with E-state index >= 15 is 0 Å². The number of nitrogens with one attached hydrogen (secondary N) is 1. The molecular formula is C12H22N2O4. The molecule has 1 unspecified atom stereocenters. The Bertz CT molecular complexity index is 277. The second-order valence-corrected chi connectivity index (χ2v) is 4.24. The van der Waals surface area contributed by atoms with E-state index < -0.39 is 0 Å². The summed E-state index contributed by atoms with van der Waals surface area (Å²) in [5.74, 6) is -0.309. The SMILES string of the molecule is CCNC(=O)N(CCC(=O)OC)CC1CCCO1. The summed E-state index contributed by atoms with van der Waals surface area (Å²) in [6, 6.07) is -0.156. The quantitative estimate of drug-likeness (QED) is 0.714. The second-order valence-electron chi connectivity index (χ2n) is 4.24. The molecule has 1 N–H and O–H groups in total. The maximum Gasteiger partial charge on any atom is 0.317 e. The van der Waals surface area contributed by atoms with Gasteiger partial charge in [0.2, 0.25) is 0 Å². The van der Waals surface area contributed by atoms with E-state index in [0.717, 1.165) is 19.4 Å². The van der Waals surface area contributed by atoms with Crippen molar-refractivity contribution < 1.29 is 19.1 Å². The molecule has 2 amide bonds. The largest absolute Gasteiger partial charge is 0.469 e. The van der Waals surface area contributed by atoms with Gasteiger partial charge < -0.3 is 19.7 Å². The lowest BCUT2D eigenvalue weighted by Gasteiger charge is -2.25. The Balaban J connectivity index is 2.44. The van der Waals surface area contributed by atoms with Gasteiger partial charge >= 0.3 is 12.0 Å². The van der Waals surface area contributed by atoms with Gasteiger partial charge in [-0.15, -0.1) is 0 Å². The van der Waals surface area contributed by atoms with E-state index in [2.05, 4.69) is 10.1 Å². The number of ether oxygens (including phenoxy) is 2. The van der Waals surface area contributed by atoms with Crippen molar-refractivity contribution in [2.75, 3.05) is 33.4 Å². The minimum absolute atomic E-state index is 0.0882. The topological polar surface area (TPSA) is 67.9 Å². The minimum Gasteiger partial charge on any atom is -0.469 e. The third-order valence-electron chi connectivity index (χ3n) is 2.88. The third-order valence-corrected chi connectivity index (χ3v) is 2.88. The molecular weight excluding hydrogens is 236 g/mol. The number of amides is 2. The van der Waals surface area contributed by atoms with Crippen LogP contribution in [0.15, 0.2) is 0 Å². The second kappa shape index (κ2) is 7.92. The molecule has 0 aromatic rings. The number of carbonyl (C=O) groups excluding carboxylic acids is 2. The maximum atomic E-state index is 11.8. The summed E-state index contributed by atoms with van der Waals surface area (Å²) in [7, 11) is 1.35. The molecule has 18 heavy (non-hydrogen) atoms. The first-order valence-corrected chi connectivity index (χ1v) is 6.38. The Kier molecular flexibility index (Phi) is 6.49. The molecule has 6 heteroatoms. The van der Waals surface area contributed by atoms with Crippen LogP contribution < -0.4 is 5.32 Å². The summed E-state index contributed by atoms with van der Waals surface area (Å²) in [6.45, 7) is 4.08. The highest BCUT2D eigenvalue weighted by Crippen LogP contribution is 2.13. The fourth-order valence-corrected chi connectivity index (χ4v) is 1.90. The first-order chi connectivity index (χ1) is 8.67. The van der Waals surface area contributed by atoms with Crippen molar-refractivity contribution in [1.82, 2.24) is 10.2 Å². The molecule has 1 saturated heterocycles. The smallest absolute Gasteiger partial charge is 0.317 e. The van der Waals surface area contributed by atoms with Gasteiger partial charge in [-0.1, -0.05) is 0 Å². The highest BCUT2D eigenvalue weighted by Gasteiger charge is 2.22. The van der Waals surface area contributed by atoms with Crippen LogP contribution in [0.3, 0.4) is 0 Å². The Morgan fingerprint density at radius 3 is 2.83 bits per heavy atom. The molecule has 0 spiro atoms. The fraction of sp³-hybridized carbons (Fsp3) is 0.833. The molecule has 1 fully saturated rings. The minimum atomic E-state index is -0.309. The molecule has 1 aliphatic heterocycles. The number of rotatable bonds is 6. The first-order valence-electron chi connectivity index (χ1n) is 6.38. The van der Waals surface area contributed by atoms with Crippen LogP contribution in [-0.4, -0.2) is 56.4 Å².